The summed E-state index contributed by atoms with van der Waals surface area (Å²) in [5.74, 6) is 0.580. The fourth-order valence-electron chi connectivity index (χ4n) is 2.86. The minimum atomic E-state index is -0.479. The van der Waals surface area contributed by atoms with Crippen LogP contribution in [0, 0.1) is 6.92 Å². The third-order valence-electron chi connectivity index (χ3n) is 4.19. The summed E-state index contributed by atoms with van der Waals surface area (Å²) in [4.78, 5) is 16.7. The lowest BCUT2D eigenvalue weighted by molar-refractivity contribution is 0.0520. The third kappa shape index (κ3) is 3.97. The summed E-state index contributed by atoms with van der Waals surface area (Å²) < 4.78 is 15.8. The number of carbonyl (C=O) groups is 1. The van der Waals surface area contributed by atoms with Gasteiger partial charge in [0, 0.05) is 11.5 Å². The Morgan fingerprint density at radius 1 is 1.07 bits per heavy atom. The predicted molar refractivity (Wildman–Crippen MR) is 110 cm³/mol. The zero-order chi connectivity index (χ0) is 20.3. The van der Waals surface area contributed by atoms with Crippen molar-refractivity contribution < 1.29 is 19.0 Å². The highest BCUT2D eigenvalue weighted by Crippen LogP contribution is 2.38. The van der Waals surface area contributed by atoms with Crippen LogP contribution in [0.3, 0.4) is 0 Å². The van der Waals surface area contributed by atoms with Gasteiger partial charge in [0.25, 0.3) is 0 Å². The van der Waals surface area contributed by atoms with Crippen molar-refractivity contribution in [2.45, 2.75) is 13.8 Å². The number of halogens is 1. The fourth-order valence-corrected chi connectivity index (χ4v) is 3.10. The molecule has 1 N–H and O–H groups in total. The van der Waals surface area contributed by atoms with Gasteiger partial charge in [-0.3, -0.25) is 0 Å². The van der Waals surface area contributed by atoms with Gasteiger partial charge < -0.3 is 19.5 Å². The van der Waals surface area contributed by atoms with E-state index in [-0.39, 0.29) is 12.3 Å². The molecule has 28 heavy (non-hydrogen) atoms. The monoisotopic (exact) mass is 400 g/mol. The van der Waals surface area contributed by atoms with E-state index in [9.17, 15) is 4.79 Å². The van der Waals surface area contributed by atoms with E-state index in [4.69, 9.17) is 25.8 Å². The largest absolute Gasteiger partial charge is 0.495 e. The summed E-state index contributed by atoms with van der Waals surface area (Å²) in [7, 11) is 3.10. The van der Waals surface area contributed by atoms with Crippen LogP contribution < -0.4 is 14.8 Å². The van der Waals surface area contributed by atoms with Gasteiger partial charge >= 0.3 is 5.97 Å². The Labute approximate surface area is 168 Å². The van der Waals surface area contributed by atoms with Gasteiger partial charge in [-0.05, 0) is 38.1 Å². The van der Waals surface area contributed by atoms with Crippen LogP contribution in [0.5, 0.6) is 11.5 Å². The molecular formula is C21H21ClN2O4. The number of hydrogen-bond donors (Lipinski definition) is 1. The molecule has 0 aliphatic heterocycles. The molecule has 3 rings (SSSR count). The first kappa shape index (κ1) is 19.8. The SMILES string of the molecule is CCOC(=O)c1cc(Nc2cc(Cl)c(OC)cc2OC)c2cc(C)ccc2n1. The lowest BCUT2D eigenvalue weighted by Gasteiger charge is -2.16. The fraction of sp³-hybridized carbons (Fsp3) is 0.238. The molecule has 6 nitrogen and oxygen atoms in total. The average Bonchev–Trinajstić information content (AvgIpc) is 2.68. The van der Waals surface area contributed by atoms with Crippen LogP contribution in [0.1, 0.15) is 23.0 Å². The molecule has 7 heteroatoms. The van der Waals surface area contributed by atoms with Crippen molar-refractivity contribution in [2.75, 3.05) is 26.1 Å². The summed E-state index contributed by atoms with van der Waals surface area (Å²) in [6.45, 7) is 4.02. The summed E-state index contributed by atoms with van der Waals surface area (Å²) >= 11 is 6.28. The molecule has 0 bridgehead atoms. The van der Waals surface area contributed by atoms with Crippen molar-refractivity contribution in [3.63, 3.8) is 0 Å². The van der Waals surface area contributed by atoms with Gasteiger partial charge in [0.1, 0.15) is 11.5 Å². The van der Waals surface area contributed by atoms with Crippen LogP contribution in [-0.4, -0.2) is 31.8 Å². The number of esters is 1. The van der Waals surface area contributed by atoms with Crippen LogP contribution >= 0.6 is 11.6 Å². The molecule has 0 atom stereocenters. The Morgan fingerprint density at radius 2 is 1.82 bits per heavy atom. The Kier molecular flexibility index (Phi) is 5.90. The Balaban J connectivity index is 2.15. The smallest absolute Gasteiger partial charge is 0.357 e. The van der Waals surface area contributed by atoms with Crippen molar-refractivity contribution in [3.8, 4) is 11.5 Å². The number of nitrogens with zero attached hydrogens (tertiary/aromatic N) is 1. The summed E-state index contributed by atoms with van der Waals surface area (Å²) in [6.07, 6.45) is 0. The van der Waals surface area contributed by atoms with Gasteiger partial charge in [-0.15, -0.1) is 0 Å². The number of methoxy groups -OCH3 is 2. The van der Waals surface area contributed by atoms with Gasteiger partial charge in [-0.2, -0.15) is 0 Å². The predicted octanol–water partition coefficient (Wildman–Crippen LogP) is 5.13. The molecule has 0 amide bonds. The highest BCUT2D eigenvalue weighted by atomic mass is 35.5. The second-order valence-corrected chi connectivity index (χ2v) is 6.52. The topological polar surface area (TPSA) is 69.7 Å². The molecule has 1 aromatic heterocycles. The van der Waals surface area contributed by atoms with E-state index in [1.54, 1.807) is 39.3 Å². The molecule has 0 unspecified atom stereocenters. The number of hydrogen-bond acceptors (Lipinski definition) is 6. The van der Waals surface area contributed by atoms with Crippen molar-refractivity contribution >= 4 is 39.8 Å². The van der Waals surface area contributed by atoms with Crippen LogP contribution in [0.25, 0.3) is 10.9 Å². The summed E-state index contributed by atoms with van der Waals surface area (Å²) in [5.41, 5.74) is 3.30. The number of benzene rings is 2. The molecule has 0 saturated carbocycles. The standard InChI is InChI=1S/C21H21ClN2O4/c1-5-28-21(25)18-10-16(13-8-12(2)6-7-15(13)23-18)24-17-9-14(22)19(26-3)11-20(17)27-4/h6-11H,5H2,1-4H3,(H,23,24). The van der Waals surface area contributed by atoms with Gasteiger partial charge in [-0.1, -0.05) is 23.2 Å². The second-order valence-electron chi connectivity index (χ2n) is 6.11. The minimum Gasteiger partial charge on any atom is -0.495 e. The Hall–Kier alpha value is -2.99. The highest BCUT2D eigenvalue weighted by Gasteiger charge is 2.16. The number of fused-ring (bicyclic) bond motifs is 1. The lowest BCUT2D eigenvalue weighted by Crippen LogP contribution is -2.08. The molecule has 2 aromatic carbocycles. The zero-order valence-corrected chi connectivity index (χ0v) is 16.9. The second kappa shape index (κ2) is 8.35. The van der Waals surface area contributed by atoms with E-state index in [0.717, 1.165) is 10.9 Å². The van der Waals surface area contributed by atoms with E-state index >= 15 is 0 Å². The van der Waals surface area contributed by atoms with Gasteiger partial charge in [0.2, 0.25) is 0 Å². The highest BCUT2D eigenvalue weighted by molar-refractivity contribution is 6.32. The lowest BCUT2D eigenvalue weighted by atomic mass is 10.1. The molecule has 0 radical (unpaired) electrons. The number of carbonyl (C=O) groups excluding carboxylic acids is 1. The van der Waals surface area contributed by atoms with Crippen molar-refractivity contribution in [2.24, 2.45) is 0 Å². The first-order valence-electron chi connectivity index (χ1n) is 8.74. The van der Waals surface area contributed by atoms with Crippen LogP contribution in [0.4, 0.5) is 11.4 Å². The van der Waals surface area contributed by atoms with Crippen molar-refractivity contribution in [1.29, 1.82) is 0 Å². The molecular weight excluding hydrogens is 380 g/mol. The average molecular weight is 401 g/mol. The molecule has 0 spiro atoms. The van der Waals surface area contributed by atoms with Gasteiger partial charge in [0.05, 0.1) is 42.7 Å². The first-order chi connectivity index (χ1) is 13.5. The van der Waals surface area contributed by atoms with Crippen molar-refractivity contribution in [3.05, 3.63) is 52.7 Å². The molecule has 0 aliphatic rings. The number of pyridine rings is 1. The van der Waals surface area contributed by atoms with E-state index < -0.39 is 5.97 Å². The maximum absolute atomic E-state index is 12.2. The number of rotatable bonds is 6. The van der Waals surface area contributed by atoms with Crippen LogP contribution in [0.2, 0.25) is 5.02 Å². The number of ether oxygens (including phenoxy) is 3. The van der Waals surface area contributed by atoms with Gasteiger partial charge in [0.15, 0.2) is 5.69 Å². The first-order valence-corrected chi connectivity index (χ1v) is 9.11. The van der Waals surface area contributed by atoms with Crippen molar-refractivity contribution in [1.82, 2.24) is 4.98 Å². The quantitative estimate of drug-likeness (QED) is 0.578. The number of aromatic nitrogens is 1. The van der Waals surface area contributed by atoms with Gasteiger partial charge in [-0.25, -0.2) is 9.78 Å². The molecule has 146 valence electrons. The third-order valence-corrected chi connectivity index (χ3v) is 4.49. The molecule has 0 fully saturated rings. The molecule has 3 aromatic rings. The maximum atomic E-state index is 12.2. The zero-order valence-electron chi connectivity index (χ0n) is 16.1. The maximum Gasteiger partial charge on any atom is 0.357 e. The summed E-state index contributed by atoms with van der Waals surface area (Å²) in [6, 6.07) is 10.9. The summed E-state index contributed by atoms with van der Waals surface area (Å²) in [5, 5.41) is 4.61. The normalized spacial score (nSPS) is 10.6. The minimum absolute atomic E-state index is 0.222. The molecule has 0 saturated heterocycles. The van der Waals surface area contributed by atoms with Crippen LogP contribution in [0.15, 0.2) is 36.4 Å². The van der Waals surface area contributed by atoms with E-state index in [1.807, 2.05) is 25.1 Å². The van der Waals surface area contributed by atoms with E-state index in [1.165, 1.54) is 0 Å². The molecule has 0 aliphatic carbocycles. The number of anilines is 2. The van der Waals surface area contributed by atoms with Crippen LogP contribution in [-0.2, 0) is 4.74 Å². The number of aryl methyl sites for hydroxylation is 1. The Bertz CT molecular complexity index is 1040. The number of nitrogens with one attached hydrogen (secondary N) is 1. The van der Waals surface area contributed by atoms with E-state index in [0.29, 0.717) is 33.4 Å². The Morgan fingerprint density at radius 3 is 2.50 bits per heavy atom. The molecule has 1 heterocycles. The van der Waals surface area contributed by atoms with E-state index in [2.05, 4.69) is 10.3 Å².